The van der Waals surface area contributed by atoms with Crippen LogP contribution in [-0.2, 0) is 0 Å². The zero-order valence-electron chi connectivity index (χ0n) is 31.3. The Balaban J connectivity index is 1.11. The lowest BCUT2D eigenvalue weighted by Gasteiger charge is -2.19. The van der Waals surface area contributed by atoms with Crippen LogP contribution in [0.1, 0.15) is 0 Å². The van der Waals surface area contributed by atoms with E-state index in [1.54, 1.807) is 0 Å². The van der Waals surface area contributed by atoms with Gasteiger partial charge in [0.05, 0.1) is 0 Å². The summed E-state index contributed by atoms with van der Waals surface area (Å²) in [7, 11) is 0. The summed E-state index contributed by atoms with van der Waals surface area (Å²) in [4.78, 5) is 0. The van der Waals surface area contributed by atoms with Crippen molar-refractivity contribution >= 4 is 97.7 Å². The van der Waals surface area contributed by atoms with Gasteiger partial charge in [0.25, 0.3) is 0 Å². The van der Waals surface area contributed by atoms with Gasteiger partial charge in [-0.2, -0.15) is 0 Å². The first kappa shape index (κ1) is 31.5. The van der Waals surface area contributed by atoms with Crippen molar-refractivity contribution in [3.8, 4) is 33.4 Å². The van der Waals surface area contributed by atoms with Gasteiger partial charge < -0.3 is 8.83 Å². The van der Waals surface area contributed by atoms with Crippen LogP contribution in [0.2, 0.25) is 0 Å². The van der Waals surface area contributed by atoms with Crippen molar-refractivity contribution in [2.24, 2.45) is 0 Å². The summed E-state index contributed by atoms with van der Waals surface area (Å²) in [6, 6.07) is 70.7. The Morgan fingerprint density at radius 3 is 1.16 bits per heavy atom. The second-order valence-electron chi connectivity index (χ2n) is 15.6. The maximum absolute atomic E-state index is 6.49. The standard InChI is InChI=1S/C56H32O2/c1-2-10-34-25-39(18-17-33(34)9-1)40-19-22-45-50(28-40)56(42-21-24-52-47(30-42)49-27-36-12-4-6-14-38(36)32-54(49)58-52)44-16-8-7-15-43(44)55(45)41-20-23-51-46(29-41)48-26-35-11-3-5-13-37(35)31-53(48)57-51/h1-32H. The van der Waals surface area contributed by atoms with Crippen LogP contribution in [0.25, 0.3) is 131 Å². The zero-order chi connectivity index (χ0) is 37.9. The SMILES string of the molecule is c1ccc2cc(-c3ccc4c(-c5ccc6oc7cc8ccccc8cc7c6c5)c5ccccc5c(-c5ccc6oc7cc8ccccc8cc7c6c5)c4c3)ccc2c1. The second kappa shape index (κ2) is 11.9. The van der Waals surface area contributed by atoms with Crippen LogP contribution in [0.3, 0.4) is 0 Å². The number of furan rings is 2. The summed E-state index contributed by atoms with van der Waals surface area (Å²) < 4.78 is 13.0. The number of hydrogen-bond acceptors (Lipinski definition) is 2. The highest BCUT2D eigenvalue weighted by Crippen LogP contribution is 2.47. The molecule has 0 N–H and O–H groups in total. The molecule has 0 aliphatic carbocycles. The van der Waals surface area contributed by atoms with Crippen molar-refractivity contribution in [1.82, 2.24) is 0 Å². The van der Waals surface area contributed by atoms with Crippen molar-refractivity contribution in [2.75, 3.05) is 0 Å². The van der Waals surface area contributed by atoms with Gasteiger partial charge in [-0.1, -0.05) is 133 Å². The van der Waals surface area contributed by atoms with Crippen LogP contribution >= 0.6 is 0 Å². The molecule has 2 heteroatoms. The van der Waals surface area contributed by atoms with E-state index in [-0.39, 0.29) is 0 Å². The highest BCUT2D eigenvalue weighted by atomic mass is 16.3. The Labute approximate surface area is 332 Å². The third kappa shape index (κ3) is 4.66. The van der Waals surface area contributed by atoms with E-state index in [0.29, 0.717) is 0 Å². The summed E-state index contributed by atoms with van der Waals surface area (Å²) in [5.41, 5.74) is 10.8. The molecule has 0 unspecified atom stereocenters. The average molecular weight is 737 g/mol. The Morgan fingerprint density at radius 2 is 0.586 bits per heavy atom. The molecule has 0 saturated heterocycles. The molecular weight excluding hydrogens is 705 g/mol. The monoisotopic (exact) mass is 736 g/mol. The molecule has 268 valence electrons. The highest BCUT2D eigenvalue weighted by Gasteiger charge is 2.20. The molecule has 13 rings (SSSR count). The van der Waals surface area contributed by atoms with Gasteiger partial charge in [0, 0.05) is 21.5 Å². The topological polar surface area (TPSA) is 26.3 Å². The first-order valence-electron chi connectivity index (χ1n) is 19.9. The Kier molecular flexibility index (Phi) is 6.47. The molecule has 2 aromatic heterocycles. The first-order chi connectivity index (χ1) is 28.7. The van der Waals surface area contributed by atoms with Crippen molar-refractivity contribution in [3.63, 3.8) is 0 Å². The lowest BCUT2D eigenvalue weighted by Crippen LogP contribution is -1.92. The lowest BCUT2D eigenvalue weighted by molar-refractivity contribution is 0.669. The molecule has 13 aromatic rings. The molecule has 0 saturated carbocycles. The van der Waals surface area contributed by atoms with Crippen molar-refractivity contribution in [2.45, 2.75) is 0 Å². The van der Waals surface area contributed by atoms with Gasteiger partial charge in [0.1, 0.15) is 22.3 Å². The summed E-state index contributed by atoms with van der Waals surface area (Å²) in [6.45, 7) is 0. The summed E-state index contributed by atoms with van der Waals surface area (Å²) in [6.07, 6.45) is 0. The highest BCUT2D eigenvalue weighted by molar-refractivity contribution is 6.24. The largest absolute Gasteiger partial charge is 0.456 e. The van der Waals surface area contributed by atoms with Gasteiger partial charge in [-0.25, -0.2) is 0 Å². The molecule has 11 aromatic carbocycles. The summed E-state index contributed by atoms with van der Waals surface area (Å²) in [5, 5.41) is 16.6. The van der Waals surface area contributed by atoms with Crippen molar-refractivity contribution in [3.05, 3.63) is 194 Å². The van der Waals surface area contributed by atoms with Crippen LogP contribution in [-0.4, -0.2) is 0 Å². The minimum Gasteiger partial charge on any atom is -0.456 e. The zero-order valence-corrected chi connectivity index (χ0v) is 31.3. The van der Waals surface area contributed by atoms with Gasteiger partial charge >= 0.3 is 0 Å². The maximum atomic E-state index is 6.49. The van der Waals surface area contributed by atoms with Crippen LogP contribution in [0.15, 0.2) is 203 Å². The van der Waals surface area contributed by atoms with E-state index >= 15 is 0 Å². The molecule has 2 nitrogen and oxygen atoms in total. The number of rotatable bonds is 3. The number of fused-ring (bicyclic) bond motifs is 11. The molecule has 0 atom stereocenters. The predicted molar refractivity (Wildman–Crippen MR) is 245 cm³/mol. The van der Waals surface area contributed by atoms with E-state index in [0.717, 1.165) is 55.0 Å². The normalized spacial score (nSPS) is 12.1. The van der Waals surface area contributed by atoms with Crippen LogP contribution in [0.4, 0.5) is 0 Å². The van der Waals surface area contributed by atoms with Gasteiger partial charge in [-0.3, -0.25) is 0 Å². The van der Waals surface area contributed by atoms with Crippen LogP contribution in [0, 0.1) is 0 Å². The average Bonchev–Trinajstić information content (AvgIpc) is 3.82. The van der Waals surface area contributed by atoms with Crippen LogP contribution < -0.4 is 0 Å². The fourth-order valence-corrected chi connectivity index (χ4v) is 9.58. The van der Waals surface area contributed by atoms with E-state index in [1.807, 2.05) is 0 Å². The molecule has 0 fully saturated rings. The molecule has 2 heterocycles. The first-order valence-corrected chi connectivity index (χ1v) is 19.9. The van der Waals surface area contributed by atoms with Gasteiger partial charge in [-0.15, -0.1) is 0 Å². The van der Waals surface area contributed by atoms with E-state index in [1.165, 1.54) is 76.1 Å². The van der Waals surface area contributed by atoms with Gasteiger partial charge in [0.2, 0.25) is 0 Å². The summed E-state index contributed by atoms with van der Waals surface area (Å²) in [5.74, 6) is 0. The molecule has 0 spiro atoms. The molecule has 0 aliphatic heterocycles. The molecule has 0 radical (unpaired) electrons. The van der Waals surface area contributed by atoms with E-state index in [4.69, 9.17) is 8.83 Å². The maximum Gasteiger partial charge on any atom is 0.136 e. The minimum atomic E-state index is 0.893. The fraction of sp³-hybridized carbons (Fsp3) is 0. The lowest BCUT2D eigenvalue weighted by atomic mass is 9.84. The predicted octanol–water partition coefficient (Wildman–Crippen LogP) is 16.3. The minimum absolute atomic E-state index is 0.893. The number of hydrogen-bond donors (Lipinski definition) is 0. The molecule has 0 bridgehead atoms. The Hall–Kier alpha value is -7.68. The van der Waals surface area contributed by atoms with Gasteiger partial charge in [0.15, 0.2) is 0 Å². The van der Waals surface area contributed by atoms with Crippen LogP contribution in [0.5, 0.6) is 0 Å². The third-order valence-electron chi connectivity index (χ3n) is 12.4. The van der Waals surface area contributed by atoms with E-state index in [2.05, 4.69) is 194 Å². The Bertz CT molecular complexity index is 3860. The second-order valence-corrected chi connectivity index (χ2v) is 15.6. The third-order valence-corrected chi connectivity index (χ3v) is 12.4. The molecular formula is C56H32O2. The number of benzene rings is 11. The molecule has 0 amide bonds. The van der Waals surface area contributed by atoms with Crippen molar-refractivity contribution < 1.29 is 8.83 Å². The van der Waals surface area contributed by atoms with E-state index < -0.39 is 0 Å². The van der Waals surface area contributed by atoms with E-state index in [9.17, 15) is 0 Å². The molecule has 0 aliphatic rings. The Morgan fingerprint density at radius 1 is 0.207 bits per heavy atom. The summed E-state index contributed by atoms with van der Waals surface area (Å²) >= 11 is 0. The van der Waals surface area contributed by atoms with Crippen molar-refractivity contribution in [1.29, 1.82) is 0 Å². The smallest absolute Gasteiger partial charge is 0.136 e. The quantitative estimate of drug-likeness (QED) is 0.169. The fourth-order valence-electron chi connectivity index (χ4n) is 9.58. The van der Waals surface area contributed by atoms with Gasteiger partial charge in [-0.05, 0) is 148 Å². The molecule has 58 heavy (non-hydrogen) atoms.